The van der Waals surface area contributed by atoms with E-state index in [1.54, 1.807) is 6.92 Å². The molecule has 3 aliphatic heterocycles. The molecule has 3 aliphatic rings. The molecule has 3 unspecified atom stereocenters. The number of likely N-dealkylation sites (N-methyl/N-ethyl adjacent to an activating group) is 1. The predicted molar refractivity (Wildman–Crippen MR) is 158 cm³/mol. The maximum Gasteiger partial charge on any atom is 0.330 e. The molecule has 3 fully saturated rings. The summed E-state index contributed by atoms with van der Waals surface area (Å²) in [6.45, 7) is 6.22. The summed E-state index contributed by atoms with van der Waals surface area (Å²) >= 11 is 0. The fourth-order valence-electron chi connectivity index (χ4n) is 5.99. The van der Waals surface area contributed by atoms with Gasteiger partial charge in [0.25, 0.3) is 5.91 Å². The number of ether oxygens (including phenoxy) is 2. The highest BCUT2D eigenvalue weighted by Crippen LogP contribution is 2.50. The van der Waals surface area contributed by atoms with E-state index in [9.17, 15) is 52.5 Å². The Morgan fingerprint density at radius 3 is 2.23 bits per heavy atom. The Balaban J connectivity index is 1.83. The minimum absolute atomic E-state index is 0.0308. The van der Waals surface area contributed by atoms with Gasteiger partial charge in [0.2, 0.25) is 23.7 Å². The van der Waals surface area contributed by atoms with Gasteiger partial charge in [-0.15, -0.1) is 0 Å². The molecule has 0 saturated carbocycles. The number of β-lactam (4-membered cyclic amide) rings is 1. The molecule has 0 spiro atoms. The van der Waals surface area contributed by atoms with E-state index in [-0.39, 0.29) is 49.5 Å². The third kappa shape index (κ3) is 5.60. The van der Waals surface area contributed by atoms with Crippen LogP contribution in [0.4, 0.5) is 0 Å². The summed E-state index contributed by atoms with van der Waals surface area (Å²) in [6, 6.07) is -2.10. The quantitative estimate of drug-likeness (QED) is 0.0668. The van der Waals surface area contributed by atoms with E-state index < -0.39 is 80.2 Å². The Kier molecular flexibility index (Phi) is 9.61. The number of nitrogens with zero attached hydrogens (tertiary/aromatic N) is 4. The Hall–Kier alpha value is -5.40. The van der Waals surface area contributed by atoms with Crippen LogP contribution in [0.25, 0.3) is 0 Å². The van der Waals surface area contributed by atoms with E-state index in [2.05, 4.69) is 10.6 Å². The topological polar surface area (TPSA) is 246 Å². The lowest BCUT2D eigenvalue weighted by Crippen LogP contribution is -2.84. The molecule has 48 heavy (non-hydrogen) atoms. The number of benzene rings is 1. The fraction of sp³-hybridized carbons (Fsp3) is 0.464. The number of carboxylic acid groups (broad SMARTS) is 1. The lowest BCUT2D eigenvalue weighted by Gasteiger charge is -2.52. The molecule has 0 bridgehead atoms. The van der Waals surface area contributed by atoms with Crippen LogP contribution in [0.5, 0.6) is 11.5 Å². The largest absolute Gasteiger partial charge is 0.480 e. The van der Waals surface area contributed by atoms with E-state index >= 15 is 0 Å². The molecule has 0 aromatic heterocycles. The fourth-order valence-corrected chi connectivity index (χ4v) is 8.10. The Morgan fingerprint density at radius 2 is 1.69 bits per heavy atom. The van der Waals surface area contributed by atoms with Crippen LogP contribution in [-0.2, 0) is 54.0 Å². The Bertz CT molecular complexity index is 1650. The third-order valence-corrected chi connectivity index (χ3v) is 10.4. The van der Waals surface area contributed by atoms with Crippen molar-refractivity contribution >= 4 is 65.2 Å². The first kappa shape index (κ1) is 35.5. The molecule has 5 atom stereocenters. The number of hydrazine groups is 1. The summed E-state index contributed by atoms with van der Waals surface area (Å²) in [5, 5.41) is 15.7. The van der Waals surface area contributed by atoms with E-state index in [4.69, 9.17) is 9.47 Å². The van der Waals surface area contributed by atoms with Crippen molar-refractivity contribution in [1.82, 2.24) is 30.5 Å². The summed E-state index contributed by atoms with van der Waals surface area (Å²) in [6.07, 6.45) is 0.150. The number of amides is 6. The van der Waals surface area contributed by atoms with E-state index in [1.807, 2.05) is 0 Å². The maximum atomic E-state index is 14.2. The number of hydrogen-bond acceptors (Lipinski definition) is 12. The zero-order valence-corrected chi connectivity index (χ0v) is 27.1. The highest BCUT2D eigenvalue weighted by Gasteiger charge is 2.78. The molecule has 1 aromatic rings. The first-order chi connectivity index (χ1) is 22.5. The number of aliphatic carboxylic acids is 1. The molecule has 258 valence electrons. The standard InChI is InChI=1S/C28H32N6O13S/c1-6-31-9-10-32(25(42)24(31)41)33(13-36)19(16-7-8-17(46-14(2)37)18(11-16)47-15(3)38)22(39)30-20-23(40)34-21(26(43)44)27(4,5)48(45)28(20,34)29-12-35/h7-8,11-13,19-21H,6,9-10H2,1-5H3,(H,29,35)(H,30,39)(H,43,44)/t19?,20-,21-,28?,48?/m0/s1. The maximum absolute atomic E-state index is 14.2. The highest BCUT2D eigenvalue weighted by atomic mass is 32.2. The van der Waals surface area contributed by atoms with Crippen LogP contribution < -0.4 is 20.1 Å². The van der Waals surface area contributed by atoms with Crippen molar-refractivity contribution in [2.24, 2.45) is 0 Å². The normalized spacial score (nSPS) is 24.9. The molecule has 20 heteroatoms. The lowest BCUT2D eigenvalue weighted by molar-refractivity contribution is -0.179. The van der Waals surface area contributed by atoms with Crippen molar-refractivity contribution in [1.29, 1.82) is 0 Å². The summed E-state index contributed by atoms with van der Waals surface area (Å²) < 4.78 is 22.4. The predicted octanol–water partition coefficient (Wildman–Crippen LogP) is -2.64. The highest BCUT2D eigenvalue weighted by molar-refractivity contribution is 7.88. The van der Waals surface area contributed by atoms with Gasteiger partial charge in [0, 0.05) is 26.9 Å². The number of nitrogens with one attached hydrogen (secondary N) is 2. The smallest absolute Gasteiger partial charge is 0.330 e. The average Bonchev–Trinajstić information content (AvgIpc) is 3.17. The number of esters is 2. The molecular weight excluding hydrogens is 660 g/mol. The minimum atomic E-state index is -2.34. The van der Waals surface area contributed by atoms with Crippen molar-refractivity contribution in [3.05, 3.63) is 23.8 Å². The van der Waals surface area contributed by atoms with E-state index in [0.717, 1.165) is 26.0 Å². The Labute approximate surface area is 274 Å². The van der Waals surface area contributed by atoms with Gasteiger partial charge in [-0.2, -0.15) is 0 Å². The van der Waals surface area contributed by atoms with Gasteiger partial charge in [0.1, 0.15) is 6.04 Å². The van der Waals surface area contributed by atoms with Crippen molar-refractivity contribution in [2.45, 2.75) is 62.5 Å². The second-order valence-corrected chi connectivity index (χ2v) is 13.5. The lowest BCUT2D eigenvalue weighted by atomic mass is 9.92. The van der Waals surface area contributed by atoms with Gasteiger partial charge in [-0.25, -0.2) is 14.8 Å². The monoisotopic (exact) mass is 692 g/mol. The molecule has 3 N–H and O–H groups in total. The SMILES string of the molecule is CCN1CCN(N(C=O)C(C(=O)N[C@H]2C(=O)N3[C@@H](C(=O)O)C(C)(C)S(=O)C23NC=O)c2ccc(OC(C)=O)c(OC(C)=O)c2)C(=O)C1=O. The average molecular weight is 693 g/mol. The number of carbonyl (C=O) groups excluding carboxylic acids is 8. The molecular formula is C28H32N6O13S. The first-order valence-electron chi connectivity index (χ1n) is 14.3. The van der Waals surface area contributed by atoms with E-state index in [1.165, 1.54) is 24.8 Å². The molecule has 6 amide bonds. The van der Waals surface area contributed by atoms with Crippen LogP contribution >= 0.6 is 0 Å². The second kappa shape index (κ2) is 13.0. The van der Waals surface area contributed by atoms with Crippen LogP contribution in [0, 0.1) is 0 Å². The number of fused-ring (bicyclic) bond motifs is 1. The first-order valence-corrected chi connectivity index (χ1v) is 15.5. The second-order valence-electron chi connectivity index (χ2n) is 11.3. The summed E-state index contributed by atoms with van der Waals surface area (Å²) in [7, 11) is -2.34. The number of hydrogen-bond donors (Lipinski definition) is 3. The van der Waals surface area contributed by atoms with Crippen molar-refractivity contribution in [3.63, 3.8) is 0 Å². The van der Waals surface area contributed by atoms with Crippen LogP contribution in [0.1, 0.15) is 46.2 Å². The van der Waals surface area contributed by atoms with Gasteiger partial charge in [0.05, 0.1) is 22.1 Å². The van der Waals surface area contributed by atoms with Crippen molar-refractivity contribution in [3.8, 4) is 11.5 Å². The summed E-state index contributed by atoms with van der Waals surface area (Å²) in [5.74, 6) is -8.26. The van der Waals surface area contributed by atoms with Crippen molar-refractivity contribution in [2.75, 3.05) is 19.6 Å². The zero-order valence-electron chi connectivity index (χ0n) is 26.3. The molecule has 3 heterocycles. The van der Waals surface area contributed by atoms with E-state index in [0.29, 0.717) is 14.9 Å². The Morgan fingerprint density at radius 1 is 1.06 bits per heavy atom. The molecule has 0 radical (unpaired) electrons. The molecule has 19 nitrogen and oxygen atoms in total. The van der Waals surface area contributed by atoms with Crippen LogP contribution in [0.3, 0.4) is 0 Å². The number of carbonyl (C=O) groups is 9. The van der Waals surface area contributed by atoms with Gasteiger partial charge in [-0.1, -0.05) is 6.07 Å². The van der Waals surface area contributed by atoms with Gasteiger partial charge >= 0.3 is 29.7 Å². The number of carboxylic acids is 1. The van der Waals surface area contributed by atoms with Crippen LogP contribution in [0.2, 0.25) is 0 Å². The zero-order chi connectivity index (χ0) is 35.9. The molecule has 3 saturated heterocycles. The molecule has 0 aliphatic carbocycles. The van der Waals surface area contributed by atoms with Crippen LogP contribution in [0.15, 0.2) is 18.2 Å². The third-order valence-electron chi connectivity index (χ3n) is 8.06. The number of rotatable bonds is 12. The summed E-state index contributed by atoms with van der Waals surface area (Å²) in [4.78, 5) is 113. The number of piperazine rings is 1. The van der Waals surface area contributed by atoms with Gasteiger partial charge in [-0.3, -0.25) is 47.5 Å². The van der Waals surface area contributed by atoms with Gasteiger partial charge in [0.15, 0.2) is 23.6 Å². The summed E-state index contributed by atoms with van der Waals surface area (Å²) in [5.41, 5.74) is -0.192. The van der Waals surface area contributed by atoms with Gasteiger partial charge in [-0.05, 0) is 38.5 Å². The molecule has 4 rings (SSSR count). The van der Waals surface area contributed by atoms with Gasteiger partial charge < -0.3 is 30.1 Å². The van der Waals surface area contributed by atoms with Crippen LogP contribution in [-0.4, -0.2) is 125 Å². The molecule has 1 aromatic carbocycles. The minimum Gasteiger partial charge on any atom is -0.480 e. The van der Waals surface area contributed by atoms with Crippen molar-refractivity contribution < 1.29 is 61.9 Å².